The normalized spacial score (nSPS) is 27.8. The van der Waals surface area contributed by atoms with Crippen molar-refractivity contribution >= 4 is 5.69 Å². The van der Waals surface area contributed by atoms with E-state index in [1.54, 1.807) is 0 Å². The molecule has 3 rings (SSSR count). The van der Waals surface area contributed by atoms with E-state index in [-0.39, 0.29) is 0 Å². The summed E-state index contributed by atoms with van der Waals surface area (Å²) in [5.74, 6) is 1.59. The Bertz CT molecular complexity index is 423. The number of nitrogens with zero attached hydrogens (tertiary/aromatic N) is 2. The van der Waals surface area contributed by atoms with E-state index in [1.807, 2.05) is 18.2 Å². The Labute approximate surface area is 95.7 Å². The number of rotatable bonds is 1. The highest BCUT2D eigenvalue weighted by atomic mass is 15.2. The molecule has 2 heterocycles. The van der Waals surface area contributed by atoms with Crippen LogP contribution in [0.15, 0.2) is 24.3 Å². The van der Waals surface area contributed by atoms with Gasteiger partial charge in [-0.2, -0.15) is 5.26 Å². The molecule has 0 bridgehead atoms. The topological polar surface area (TPSA) is 39.1 Å². The third-order valence-corrected chi connectivity index (χ3v) is 3.73. The fraction of sp³-hybridized carbons (Fsp3) is 0.462. The van der Waals surface area contributed by atoms with Gasteiger partial charge in [0.05, 0.1) is 11.6 Å². The molecule has 3 heteroatoms. The van der Waals surface area contributed by atoms with Crippen LogP contribution < -0.4 is 10.2 Å². The molecule has 3 nitrogen and oxygen atoms in total. The van der Waals surface area contributed by atoms with Crippen molar-refractivity contribution in [3.05, 3.63) is 29.8 Å². The lowest BCUT2D eigenvalue weighted by Gasteiger charge is -2.19. The average molecular weight is 213 g/mol. The van der Waals surface area contributed by atoms with Gasteiger partial charge >= 0.3 is 0 Å². The minimum Gasteiger partial charge on any atom is -0.371 e. The first-order valence-corrected chi connectivity index (χ1v) is 5.82. The van der Waals surface area contributed by atoms with Gasteiger partial charge in [0.2, 0.25) is 0 Å². The molecule has 2 unspecified atom stereocenters. The van der Waals surface area contributed by atoms with Gasteiger partial charge in [0.1, 0.15) is 0 Å². The van der Waals surface area contributed by atoms with Crippen LogP contribution in [0.4, 0.5) is 5.69 Å². The summed E-state index contributed by atoms with van der Waals surface area (Å²) >= 11 is 0. The molecule has 0 aromatic heterocycles. The van der Waals surface area contributed by atoms with Crippen LogP contribution >= 0.6 is 0 Å². The second kappa shape index (κ2) is 3.80. The van der Waals surface area contributed by atoms with Gasteiger partial charge in [-0.25, -0.2) is 0 Å². The van der Waals surface area contributed by atoms with Crippen LogP contribution in [0.5, 0.6) is 0 Å². The second-order valence-corrected chi connectivity index (χ2v) is 4.75. The Morgan fingerprint density at radius 2 is 2.00 bits per heavy atom. The molecular formula is C13H15N3. The van der Waals surface area contributed by atoms with Crippen molar-refractivity contribution in [3.8, 4) is 6.07 Å². The van der Waals surface area contributed by atoms with Crippen molar-refractivity contribution in [2.75, 3.05) is 31.1 Å². The maximum atomic E-state index is 8.89. The first kappa shape index (κ1) is 9.68. The van der Waals surface area contributed by atoms with Crippen LogP contribution in [0.1, 0.15) is 5.56 Å². The zero-order valence-corrected chi connectivity index (χ0v) is 9.19. The predicted molar refractivity (Wildman–Crippen MR) is 63.2 cm³/mol. The molecule has 2 aliphatic heterocycles. The van der Waals surface area contributed by atoms with E-state index in [0.29, 0.717) is 0 Å². The zero-order valence-electron chi connectivity index (χ0n) is 9.19. The summed E-state index contributed by atoms with van der Waals surface area (Å²) in [5, 5.41) is 12.3. The lowest BCUT2D eigenvalue weighted by Crippen LogP contribution is -2.25. The highest BCUT2D eigenvalue weighted by Crippen LogP contribution is 2.30. The van der Waals surface area contributed by atoms with Crippen LogP contribution in [0.2, 0.25) is 0 Å². The molecule has 1 N–H and O–H groups in total. The zero-order chi connectivity index (χ0) is 11.0. The van der Waals surface area contributed by atoms with E-state index in [0.717, 1.165) is 43.6 Å². The van der Waals surface area contributed by atoms with Crippen molar-refractivity contribution in [2.24, 2.45) is 11.8 Å². The summed E-state index contributed by atoms with van der Waals surface area (Å²) in [4.78, 5) is 2.41. The van der Waals surface area contributed by atoms with Crippen LogP contribution in [0, 0.1) is 23.2 Å². The minimum atomic E-state index is 0.757. The molecule has 2 fully saturated rings. The van der Waals surface area contributed by atoms with Crippen molar-refractivity contribution in [3.63, 3.8) is 0 Å². The Morgan fingerprint density at radius 3 is 2.69 bits per heavy atom. The third kappa shape index (κ3) is 1.56. The van der Waals surface area contributed by atoms with Gasteiger partial charge in [0.25, 0.3) is 0 Å². The van der Waals surface area contributed by atoms with E-state index in [2.05, 4.69) is 22.4 Å². The standard InChI is InChI=1S/C13H15N3/c14-5-10-2-1-3-13(4-10)16-8-11-6-15-7-12(11)9-16/h1-4,11-12,15H,6-9H2. The molecule has 0 aliphatic carbocycles. The summed E-state index contributed by atoms with van der Waals surface area (Å²) in [7, 11) is 0. The highest BCUT2D eigenvalue weighted by molar-refractivity contribution is 5.52. The number of hydrogen-bond acceptors (Lipinski definition) is 3. The van der Waals surface area contributed by atoms with E-state index in [1.165, 1.54) is 5.69 Å². The van der Waals surface area contributed by atoms with E-state index in [9.17, 15) is 0 Å². The lowest BCUT2D eigenvalue weighted by atomic mass is 10.0. The molecule has 2 saturated heterocycles. The number of anilines is 1. The van der Waals surface area contributed by atoms with Gasteiger partial charge in [-0.1, -0.05) is 6.07 Å². The molecule has 0 radical (unpaired) electrons. The molecule has 2 aliphatic rings. The largest absolute Gasteiger partial charge is 0.371 e. The van der Waals surface area contributed by atoms with Gasteiger partial charge in [-0.15, -0.1) is 0 Å². The van der Waals surface area contributed by atoms with Crippen molar-refractivity contribution in [1.82, 2.24) is 5.32 Å². The molecule has 0 saturated carbocycles. The molecule has 0 spiro atoms. The molecule has 16 heavy (non-hydrogen) atoms. The average Bonchev–Trinajstić information content (AvgIpc) is 2.89. The second-order valence-electron chi connectivity index (χ2n) is 4.75. The number of nitrogens with one attached hydrogen (secondary N) is 1. The van der Waals surface area contributed by atoms with Crippen molar-refractivity contribution in [2.45, 2.75) is 0 Å². The molecule has 1 aromatic carbocycles. The summed E-state index contributed by atoms with van der Waals surface area (Å²) in [5.41, 5.74) is 1.96. The van der Waals surface area contributed by atoms with Crippen LogP contribution in [0.25, 0.3) is 0 Å². The van der Waals surface area contributed by atoms with E-state index in [4.69, 9.17) is 5.26 Å². The summed E-state index contributed by atoms with van der Waals surface area (Å²) in [6, 6.07) is 10.1. The van der Waals surface area contributed by atoms with Crippen LogP contribution in [-0.4, -0.2) is 26.2 Å². The first-order valence-electron chi connectivity index (χ1n) is 5.82. The maximum Gasteiger partial charge on any atom is 0.0992 e. The van der Waals surface area contributed by atoms with Crippen molar-refractivity contribution < 1.29 is 0 Å². The number of fused-ring (bicyclic) bond motifs is 1. The minimum absolute atomic E-state index is 0.757. The summed E-state index contributed by atoms with van der Waals surface area (Å²) < 4.78 is 0. The predicted octanol–water partition coefficient (Wildman–Crippen LogP) is 1.21. The van der Waals surface area contributed by atoms with Crippen LogP contribution in [-0.2, 0) is 0 Å². The van der Waals surface area contributed by atoms with E-state index >= 15 is 0 Å². The molecule has 82 valence electrons. The third-order valence-electron chi connectivity index (χ3n) is 3.73. The number of benzene rings is 1. The lowest BCUT2D eigenvalue weighted by molar-refractivity contribution is 0.533. The van der Waals surface area contributed by atoms with Crippen LogP contribution in [0.3, 0.4) is 0 Å². The Kier molecular flexibility index (Phi) is 2.30. The fourth-order valence-electron chi connectivity index (χ4n) is 2.84. The quantitative estimate of drug-likeness (QED) is 0.762. The van der Waals surface area contributed by atoms with Crippen molar-refractivity contribution in [1.29, 1.82) is 5.26 Å². The highest BCUT2D eigenvalue weighted by Gasteiger charge is 2.35. The van der Waals surface area contributed by atoms with E-state index < -0.39 is 0 Å². The van der Waals surface area contributed by atoms with Gasteiger partial charge in [-0.05, 0) is 30.0 Å². The SMILES string of the molecule is N#Cc1cccc(N2CC3CNCC3C2)c1. The summed E-state index contributed by atoms with van der Waals surface area (Å²) in [6.07, 6.45) is 0. The summed E-state index contributed by atoms with van der Waals surface area (Å²) in [6.45, 7) is 4.57. The first-order chi connectivity index (χ1) is 7.86. The Morgan fingerprint density at radius 1 is 1.25 bits per heavy atom. The Hall–Kier alpha value is -1.53. The maximum absolute atomic E-state index is 8.89. The monoisotopic (exact) mass is 213 g/mol. The number of nitriles is 1. The smallest absolute Gasteiger partial charge is 0.0992 e. The molecule has 1 aromatic rings. The Balaban J connectivity index is 1.81. The molecular weight excluding hydrogens is 198 g/mol. The number of hydrogen-bond donors (Lipinski definition) is 1. The van der Waals surface area contributed by atoms with Gasteiger partial charge < -0.3 is 10.2 Å². The van der Waals surface area contributed by atoms with Gasteiger partial charge in [0.15, 0.2) is 0 Å². The molecule has 0 amide bonds. The fourth-order valence-corrected chi connectivity index (χ4v) is 2.84. The van der Waals surface area contributed by atoms with Gasteiger partial charge in [-0.3, -0.25) is 0 Å². The molecule has 2 atom stereocenters. The van der Waals surface area contributed by atoms with Gasteiger partial charge in [0, 0.05) is 31.9 Å².